The van der Waals surface area contributed by atoms with Crippen LogP contribution in [0.15, 0.2) is 36.4 Å². The number of aromatic hydroxyl groups is 1. The number of carbonyl (C=O) groups excluding carboxylic acids is 2. The molecule has 0 unspecified atom stereocenters. The fourth-order valence-corrected chi connectivity index (χ4v) is 8.91. The van der Waals surface area contributed by atoms with E-state index in [2.05, 4.69) is 16.7 Å². The van der Waals surface area contributed by atoms with Crippen LogP contribution in [0, 0.1) is 23.7 Å². The smallest absolute Gasteiger partial charge is 0.416 e. The quantitative estimate of drug-likeness (QED) is 0.336. The third-order valence-electron chi connectivity index (χ3n) is 10.8. The van der Waals surface area contributed by atoms with Crippen molar-refractivity contribution in [1.29, 1.82) is 0 Å². The zero-order valence-electron chi connectivity index (χ0n) is 26.3. The van der Waals surface area contributed by atoms with Gasteiger partial charge in [0.1, 0.15) is 11.7 Å². The van der Waals surface area contributed by atoms with Gasteiger partial charge in [0.15, 0.2) is 11.5 Å². The van der Waals surface area contributed by atoms with Crippen LogP contribution in [0.2, 0.25) is 0 Å². The van der Waals surface area contributed by atoms with Crippen LogP contribution in [0.25, 0.3) is 0 Å². The van der Waals surface area contributed by atoms with Gasteiger partial charge in [0, 0.05) is 37.1 Å². The maximum Gasteiger partial charge on any atom is 0.416 e. The number of phenols is 1. The summed E-state index contributed by atoms with van der Waals surface area (Å²) in [6, 6.07) is 7.58. The van der Waals surface area contributed by atoms with Crippen molar-refractivity contribution >= 4 is 11.9 Å². The van der Waals surface area contributed by atoms with Gasteiger partial charge in [-0.2, -0.15) is 13.2 Å². The average Bonchev–Trinajstić information content (AvgIpc) is 3.74. The predicted molar refractivity (Wildman–Crippen MR) is 163 cm³/mol. The summed E-state index contributed by atoms with van der Waals surface area (Å²) >= 11 is 0. The van der Waals surface area contributed by atoms with E-state index in [0.717, 1.165) is 36.3 Å². The lowest BCUT2D eigenvalue weighted by atomic mass is 9.48. The summed E-state index contributed by atoms with van der Waals surface area (Å²) in [6.45, 7) is 7.60. The lowest BCUT2D eigenvalue weighted by Gasteiger charge is -2.65. The Morgan fingerprint density at radius 2 is 1.87 bits per heavy atom. The van der Waals surface area contributed by atoms with Crippen molar-refractivity contribution in [2.24, 2.45) is 11.8 Å². The zero-order chi connectivity index (χ0) is 32.6. The molecule has 2 aromatic carbocycles. The molecule has 1 spiro atoms. The second-order valence-electron chi connectivity index (χ2n) is 14.1. The summed E-state index contributed by atoms with van der Waals surface area (Å²) in [7, 11) is 0. The fraction of sp³-hybridized carbons (Fsp3) is 0.556. The van der Waals surface area contributed by atoms with Gasteiger partial charge in [0.05, 0.1) is 23.1 Å². The van der Waals surface area contributed by atoms with E-state index in [1.807, 2.05) is 19.9 Å². The third-order valence-corrected chi connectivity index (χ3v) is 10.8. The molecule has 1 N–H and O–H groups in total. The summed E-state index contributed by atoms with van der Waals surface area (Å²) in [5.74, 6) is 5.83. The molecule has 2 saturated carbocycles. The molecule has 1 saturated heterocycles. The van der Waals surface area contributed by atoms with Gasteiger partial charge in [-0.05, 0) is 92.8 Å². The Morgan fingerprint density at radius 3 is 2.52 bits per heavy atom. The Hall–Kier alpha value is -3.71. The molecule has 0 radical (unpaired) electrons. The number of ether oxygens (including phenoxy) is 2. The minimum Gasteiger partial charge on any atom is -0.504 e. The number of likely N-dealkylation sites (tertiary alicyclic amines) is 1. The Bertz CT molecular complexity index is 1620. The van der Waals surface area contributed by atoms with Crippen molar-refractivity contribution in [1.82, 2.24) is 9.80 Å². The second-order valence-corrected chi connectivity index (χ2v) is 14.1. The molecule has 2 heterocycles. The van der Waals surface area contributed by atoms with E-state index in [1.54, 1.807) is 11.0 Å². The molecule has 5 atom stereocenters. The highest BCUT2D eigenvalue weighted by atomic mass is 19.4. The summed E-state index contributed by atoms with van der Waals surface area (Å²) in [4.78, 5) is 31.1. The largest absolute Gasteiger partial charge is 0.504 e. The van der Waals surface area contributed by atoms with Gasteiger partial charge in [-0.1, -0.05) is 25.8 Å². The monoisotopic (exact) mass is 636 g/mol. The molecule has 2 aromatic rings. The molecule has 244 valence electrons. The van der Waals surface area contributed by atoms with Gasteiger partial charge < -0.3 is 19.5 Å². The van der Waals surface area contributed by atoms with Crippen molar-refractivity contribution in [2.45, 2.75) is 94.7 Å². The topological polar surface area (TPSA) is 79.3 Å². The molecule has 3 aliphatic carbocycles. The van der Waals surface area contributed by atoms with Gasteiger partial charge in [-0.15, -0.1) is 0 Å². The number of benzene rings is 2. The number of halogens is 3. The summed E-state index contributed by atoms with van der Waals surface area (Å²) in [5, 5.41) is 11.1. The van der Waals surface area contributed by atoms with Crippen LogP contribution in [0.4, 0.5) is 13.2 Å². The standard InChI is InChI=1S/C36H39F3N2O5/c1-21(2)19-41(30(44)13-8-23-6-10-26(11-7-23)36(37,38)39)27-14-15-35(46-22(3)42)29-18-25-9-12-28(43)32-31(25)34(35,33(27)45-32)16-17-40(29)20-24-4-5-24/h6-7,9-12,21,24,27,29,33,43H,4-5,14-20H2,1-3H3/t27-,29+,33-,34-,35+/m0/s1. The lowest BCUT2D eigenvalue weighted by Crippen LogP contribution is -2.79. The van der Waals surface area contributed by atoms with E-state index >= 15 is 0 Å². The molecule has 2 bridgehead atoms. The fourth-order valence-electron chi connectivity index (χ4n) is 8.91. The van der Waals surface area contributed by atoms with Crippen molar-refractivity contribution in [3.63, 3.8) is 0 Å². The molecule has 46 heavy (non-hydrogen) atoms. The van der Waals surface area contributed by atoms with E-state index in [1.165, 1.54) is 31.9 Å². The molecule has 5 aliphatic rings. The van der Waals surface area contributed by atoms with Crippen molar-refractivity contribution in [3.05, 3.63) is 58.7 Å². The van der Waals surface area contributed by atoms with Gasteiger partial charge in [0.25, 0.3) is 5.91 Å². The molecule has 2 aliphatic heterocycles. The molecule has 7 nitrogen and oxygen atoms in total. The van der Waals surface area contributed by atoms with E-state index in [9.17, 15) is 27.9 Å². The first-order chi connectivity index (χ1) is 21.8. The first-order valence-electron chi connectivity index (χ1n) is 16.3. The number of alkyl halides is 3. The minimum atomic E-state index is -4.46. The highest BCUT2D eigenvalue weighted by Gasteiger charge is 2.75. The van der Waals surface area contributed by atoms with Crippen LogP contribution in [0.5, 0.6) is 11.5 Å². The van der Waals surface area contributed by atoms with Crippen LogP contribution in [0.1, 0.15) is 75.1 Å². The Morgan fingerprint density at radius 1 is 1.13 bits per heavy atom. The number of phenolic OH excluding ortho intramolecular Hbond substituents is 1. The number of amides is 1. The minimum absolute atomic E-state index is 0.0284. The summed E-state index contributed by atoms with van der Waals surface area (Å²) < 4.78 is 52.5. The summed E-state index contributed by atoms with van der Waals surface area (Å²) in [6.07, 6.45) is -0.300. The lowest BCUT2D eigenvalue weighted by molar-refractivity contribution is -0.224. The second kappa shape index (κ2) is 10.9. The molecular weight excluding hydrogens is 597 g/mol. The van der Waals surface area contributed by atoms with E-state index in [0.29, 0.717) is 49.5 Å². The number of hydrogen-bond acceptors (Lipinski definition) is 6. The Balaban J connectivity index is 1.29. The normalized spacial score (nSPS) is 29.3. The average molecular weight is 637 g/mol. The molecule has 10 heteroatoms. The van der Waals surface area contributed by atoms with Gasteiger partial charge in [-0.3, -0.25) is 14.5 Å². The van der Waals surface area contributed by atoms with Crippen LogP contribution in [-0.2, 0) is 32.3 Å². The number of piperidine rings is 1. The molecule has 7 rings (SSSR count). The molecule has 0 aromatic heterocycles. The molecular formula is C36H39F3N2O5. The van der Waals surface area contributed by atoms with Crippen LogP contribution >= 0.6 is 0 Å². The van der Waals surface area contributed by atoms with Crippen molar-refractivity contribution in [2.75, 3.05) is 19.6 Å². The predicted octanol–water partition coefficient (Wildman–Crippen LogP) is 5.45. The highest BCUT2D eigenvalue weighted by Crippen LogP contribution is 2.67. The SMILES string of the molecule is CC(=O)O[C@@]12CC[C@H](N(CC(C)C)C(=O)C#Cc3ccc(C(F)(F)F)cc3)[C@@H]3Oc4c(O)ccc5c4[C@@]31CCN(CC1CC1)[C@@H]2C5. The van der Waals surface area contributed by atoms with E-state index < -0.39 is 40.8 Å². The van der Waals surface area contributed by atoms with Gasteiger partial charge >= 0.3 is 12.1 Å². The van der Waals surface area contributed by atoms with Crippen LogP contribution in [-0.4, -0.2) is 70.2 Å². The first-order valence-corrected chi connectivity index (χ1v) is 16.3. The maximum atomic E-state index is 14.0. The van der Waals surface area contributed by atoms with Crippen molar-refractivity contribution < 1.29 is 37.3 Å². The summed E-state index contributed by atoms with van der Waals surface area (Å²) in [5.41, 5.74) is -0.161. The van der Waals surface area contributed by atoms with Crippen LogP contribution in [0.3, 0.4) is 0 Å². The Labute approximate surface area is 267 Å². The number of esters is 1. The van der Waals surface area contributed by atoms with Crippen molar-refractivity contribution in [3.8, 4) is 23.3 Å². The highest BCUT2D eigenvalue weighted by molar-refractivity contribution is 5.94. The van der Waals surface area contributed by atoms with Gasteiger partial charge in [-0.25, -0.2) is 0 Å². The molecule has 3 fully saturated rings. The molecule has 1 amide bonds. The number of carbonyl (C=O) groups is 2. The number of hydrogen-bond donors (Lipinski definition) is 1. The zero-order valence-corrected chi connectivity index (χ0v) is 26.3. The van der Waals surface area contributed by atoms with Crippen LogP contribution < -0.4 is 4.74 Å². The van der Waals surface area contributed by atoms with E-state index in [4.69, 9.17) is 9.47 Å². The number of nitrogens with zero attached hydrogens (tertiary/aromatic N) is 2. The van der Waals surface area contributed by atoms with E-state index in [-0.39, 0.29) is 23.7 Å². The third kappa shape index (κ3) is 4.85. The Kier molecular flexibility index (Phi) is 7.35. The number of rotatable bonds is 6. The first kappa shape index (κ1) is 30.9. The van der Waals surface area contributed by atoms with Gasteiger partial charge in [0.2, 0.25) is 0 Å². The maximum absolute atomic E-state index is 14.0.